The molecule has 0 aliphatic rings. The molecule has 2 N–H and O–H groups in total. The number of nitrogens with one attached hydrogen (secondary N) is 2. The number of hydrogen-bond acceptors (Lipinski definition) is 6. The Morgan fingerprint density at radius 2 is 2.14 bits per heavy atom. The molecule has 2 aromatic rings. The van der Waals surface area contributed by atoms with Crippen LogP contribution in [0.3, 0.4) is 0 Å². The van der Waals surface area contributed by atoms with Gasteiger partial charge in [0.15, 0.2) is 0 Å². The molecule has 0 aromatic carbocycles. The van der Waals surface area contributed by atoms with Gasteiger partial charge in [0, 0.05) is 30.9 Å². The van der Waals surface area contributed by atoms with Crippen molar-refractivity contribution in [1.82, 2.24) is 15.0 Å². The van der Waals surface area contributed by atoms with E-state index >= 15 is 0 Å². The largest absolute Gasteiger partial charge is 0.310 e. The summed E-state index contributed by atoms with van der Waals surface area (Å²) in [5.41, 5.74) is 3.65. The first-order valence-corrected chi connectivity index (χ1v) is 9.95. The van der Waals surface area contributed by atoms with Crippen molar-refractivity contribution >= 4 is 32.7 Å². The molecule has 2 rings (SSSR count). The molecule has 0 amide bonds. The van der Waals surface area contributed by atoms with Crippen molar-refractivity contribution in [2.75, 3.05) is 6.54 Å². The van der Waals surface area contributed by atoms with Crippen molar-refractivity contribution in [2.45, 2.75) is 37.1 Å². The highest BCUT2D eigenvalue weighted by Crippen LogP contribution is 2.20. The molecule has 0 atom stereocenters. The molecule has 21 heavy (non-hydrogen) atoms. The third kappa shape index (κ3) is 5.15. The number of nitrogens with zero attached hydrogens (tertiary/aromatic N) is 1. The molecule has 0 aliphatic heterocycles. The van der Waals surface area contributed by atoms with E-state index < -0.39 is 10.0 Å². The van der Waals surface area contributed by atoms with Gasteiger partial charge in [-0.05, 0) is 17.0 Å². The summed E-state index contributed by atoms with van der Waals surface area (Å²) in [4.78, 5) is 4.13. The lowest BCUT2D eigenvalue weighted by atomic mass is 10.3. The first-order valence-electron chi connectivity index (χ1n) is 6.65. The van der Waals surface area contributed by atoms with Gasteiger partial charge in [0.2, 0.25) is 10.0 Å². The van der Waals surface area contributed by atoms with Crippen molar-refractivity contribution in [1.29, 1.82) is 0 Å². The molecule has 116 valence electrons. The SMILES string of the molecule is CC(C)NCc1csc(S(=O)(=O)NCCc2cscn2)c1. The normalized spacial score (nSPS) is 12.1. The highest BCUT2D eigenvalue weighted by Gasteiger charge is 2.16. The van der Waals surface area contributed by atoms with Crippen molar-refractivity contribution < 1.29 is 8.42 Å². The maximum absolute atomic E-state index is 12.2. The highest BCUT2D eigenvalue weighted by atomic mass is 32.2. The summed E-state index contributed by atoms with van der Waals surface area (Å²) < 4.78 is 27.3. The summed E-state index contributed by atoms with van der Waals surface area (Å²) in [5, 5.41) is 7.08. The average Bonchev–Trinajstić information content (AvgIpc) is 3.07. The number of aromatic nitrogens is 1. The number of rotatable bonds is 8. The fourth-order valence-corrected chi connectivity index (χ4v) is 4.53. The van der Waals surface area contributed by atoms with Gasteiger partial charge in [-0.1, -0.05) is 13.8 Å². The Morgan fingerprint density at radius 3 is 2.81 bits per heavy atom. The molecule has 0 bridgehead atoms. The molecule has 0 fully saturated rings. The zero-order valence-electron chi connectivity index (χ0n) is 12.0. The zero-order chi connectivity index (χ0) is 15.3. The minimum absolute atomic E-state index is 0.362. The van der Waals surface area contributed by atoms with Gasteiger partial charge in [0.25, 0.3) is 0 Å². The lowest BCUT2D eigenvalue weighted by molar-refractivity contribution is 0.582. The Labute approximate surface area is 133 Å². The van der Waals surface area contributed by atoms with E-state index in [1.807, 2.05) is 10.8 Å². The Bertz CT molecular complexity index is 648. The molecule has 0 saturated carbocycles. The lowest BCUT2D eigenvalue weighted by Gasteiger charge is -2.05. The van der Waals surface area contributed by atoms with Crippen LogP contribution in [0.1, 0.15) is 25.1 Å². The summed E-state index contributed by atoms with van der Waals surface area (Å²) in [6.07, 6.45) is 0.607. The van der Waals surface area contributed by atoms with Crippen LogP contribution in [0.2, 0.25) is 0 Å². The molecule has 5 nitrogen and oxygen atoms in total. The van der Waals surface area contributed by atoms with E-state index in [1.165, 1.54) is 22.7 Å². The monoisotopic (exact) mass is 345 g/mol. The van der Waals surface area contributed by atoms with Crippen LogP contribution < -0.4 is 10.0 Å². The van der Waals surface area contributed by atoms with Gasteiger partial charge < -0.3 is 5.32 Å². The van der Waals surface area contributed by atoms with Gasteiger partial charge in [0.1, 0.15) is 4.21 Å². The second-order valence-corrected chi connectivity index (χ2v) is 8.56. The van der Waals surface area contributed by atoms with Crippen LogP contribution in [0.15, 0.2) is 26.5 Å². The van der Waals surface area contributed by atoms with Crippen LogP contribution >= 0.6 is 22.7 Å². The molecular formula is C13H19N3O2S3. The zero-order valence-corrected chi connectivity index (χ0v) is 14.4. The summed E-state index contributed by atoms with van der Waals surface area (Å²) >= 11 is 2.76. The molecule has 0 spiro atoms. The van der Waals surface area contributed by atoms with E-state index in [1.54, 1.807) is 11.6 Å². The quantitative estimate of drug-likeness (QED) is 0.770. The van der Waals surface area contributed by atoms with E-state index in [4.69, 9.17) is 0 Å². The van der Waals surface area contributed by atoms with Crippen molar-refractivity contribution in [3.8, 4) is 0 Å². The van der Waals surface area contributed by atoms with E-state index in [0.29, 0.717) is 29.8 Å². The van der Waals surface area contributed by atoms with Gasteiger partial charge >= 0.3 is 0 Å². The van der Waals surface area contributed by atoms with Crippen LogP contribution in [-0.2, 0) is 23.0 Å². The van der Waals surface area contributed by atoms with E-state index in [9.17, 15) is 8.42 Å². The number of hydrogen-bond donors (Lipinski definition) is 2. The molecular weight excluding hydrogens is 326 g/mol. The van der Waals surface area contributed by atoms with Crippen molar-refractivity contribution in [3.05, 3.63) is 33.6 Å². The summed E-state index contributed by atoms with van der Waals surface area (Å²) in [6, 6.07) is 2.10. The van der Waals surface area contributed by atoms with Gasteiger partial charge in [-0.3, -0.25) is 0 Å². The lowest BCUT2D eigenvalue weighted by Crippen LogP contribution is -2.25. The molecule has 0 saturated heterocycles. The van der Waals surface area contributed by atoms with Gasteiger partial charge in [-0.15, -0.1) is 22.7 Å². The fraction of sp³-hybridized carbons (Fsp3) is 0.462. The van der Waals surface area contributed by atoms with Gasteiger partial charge in [-0.25, -0.2) is 18.1 Å². The molecule has 8 heteroatoms. The minimum atomic E-state index is -3.41. The van der Waals surface area contributed by atoms with Crippen LogP contribution in [0.25, 0.3) is 0 Å². The smallest absolute Gasteiger partial charge is 0.250 e. The third-order valence-corrected chi connectivity index (χ3v) is 6.35. The first-order chi connectivity index (χ1) is 9.97. The maximum atomic E-state index is 12.2. The Hall–Kier alpha value is -0.800. The summed E-state index contributed by atoms with van der Waals surface area (Å²) in [7, 11) is -3.41. The van der Waals surface area contributed by atoms with Gasteiger partial charge in [0.05, 0.1) is 11.2 Å². The first kappa shape index (κ1) is 16.6. The summed E-state index contributed by atoms with van der Waals surface area (Å²) in [5.74, 6) is 0. The van der Waals surface area contributed by atoms with E-state index in [0.717, 1.165) is 11.3 Å². The number of thiazole rings is 1. The van der Waals surface area contributed by atoms with Crippen molar-refractivity contribution in [2.24, 2.45) is 0 Å². The molecule has 0 radical (unpaired) electrons. The standard InChI is InChI=1S/C13H19N3O2S3/c1-10(2)14-6-11-5-13(20-7-11)21(17,18)16-4-3-12-8-19-9-15-12/h5,7-10,14,16H,3-4,6H2,1-2H3. The Kier molecular flexibility index (Phi) is 5.88. The average molecular weight is 346 g/mol. The van der Waals surface area contributed by atoms with Crippen molar-refractivity contribution in [3.63, 3.8) is 0 Å². The molecule has 2 heterocycles. The van der Waals surface area contributed by atoms with Crippen LogP contribution in [0.4, 0.5) is 0 Å². The molecule has 0 aliphatic carbocycles. The third-order valence-electron chi connectivity index (χ3n) is 2.77. The Balaban J connectivity index is 1.89. The Morgan fingerprint density at radius 1 is 1.33 bits per heavy atom. The topological polar surface area (TPSA) is 71.1 Å². The fourth-order valence-electron chi connectivity index (χ4n) is 1.65. The van der Waals surface area contributed by atoms with Gasteiger partial charge in [-0.2, -0.15) is 0 Å². The van der Waals surface area contributed by atoms with Crippen LogP contribution in [0, 0.1) is 0 Å². The van der Waals surface area contributed by atoms with Crippen LogP contribution in [-0.4, -0.2) is 26.0 Å². The second-order valence-electron chi connectivity index (χ2n) is 4.94. The van der Waals surface area contributed by atoms with Crippen LogP contribution in [0.5, 0.6) is 0 Å². The second kappa shape index (κ2) is 7.46. The van der Waals surface area contributed by atoms with E-state index in [2.05, 4.69) is 28.9 Å². The highest BCUT2D eigenvalue weighted by molar-refractivity contribution is 7.91. The molecule has 0 unspecified atom stereocenters. The number of sulfonamides is 1. The predicted octanol–water partition coefficient (Wildman–Crippen LogP) is 2.22. The number of thiophene rings is 1. The summed E-state index contributed by atoms with van der Waals surface area (Å²) in [6.45, 7) is 5.17. The van der Waals surface area contributed by atoms with E-state index in [-0.39, 0.29) is 0 Å². The molecule has 2 aromatic heterocycles. The minimum Gasteiger partial charge on any atom is -0.310 e. The predicted molar refractivity (Wildman–Crippen MR) is 87.3 cm³/mol. The maximum Gasteiger partial charge on any atom is 0.250 e.